The number of ether oxygens (including phenoxy) is 1. The van der Waals surface area contributed by atoms with Gasteiger partial charge in [0.1, 0.15) is 11.4 Å². The molecule has 5 nitrogen and oxygen atoms in total. The van der Waals surface area contributed by atoms with Crippen molar-refractivity contribution in [2.24, 2.45) is 5.92 Å². The Hall–Kier alpha value is -2.37. The van der Waals surface area contributed by atoms with E-state index in [2.05, 4.69) is 22.1 Å². The van der Waals surface area contributed by atoms with Gasteiger partial charge in [-0.05, 0) is 58.2 Å². The number of pyridine rings is 1. The Morgan fingerprint density at radius 3 is 2.81 bits per heavy atom. The van der Waals surface area contributed by atoms with E-state index in [9.17, 15) is 9.18 Å². The number of fused-ring (bicyclic) bond motifs is 1. The summed E-state index contributed by atoms with van der Waals surface area (Å²) in [5.41, 5.74) is 1.53. The maximum atomic E-state index is 14.5. The molecule has 0 bridgehead atoms. The number of piperidine rings is 1. The van der Waals surface area contributed by atoms with Gasteiger partial charge in [0.25, 0.3) is 0 Å². The van der Waals surface area contributed by atoms with Crippen molar-refractivity contribution in [3.05, 3.63) is 35.8 Å². The van der Waals surface area contributed by atoms with Gasteiger partial charge in [-0.3, -0.25) is 4.98 Å². The summed E-state index contributed by atoms with van der Waals surface area (Å²) < 4.78 is 19.9. The number of carbonyl (C=O) groups excluding carboxylic acids is 1. The summed E-state index contributed by atoms with van der Waals surface area (Å²) in [5.74, 6) is 0.0980. The van der Waals surface area contributed by atoms with Crippen molar-refractivity contribution in [3.8, 4) is 0 Å². The van der Waals surface area contributed by atoms with Crippen LogP contribution in [0.4, 0.5) is 14.9 Å². The number of hydrogen-bond acceptors (Lipinski definition) is 4. The molecule has 1 aliphatic rings. The van der Waals surface area contributed by atoms with E-state index in [0.29, 0.717) is 23.5 Å². The van der Waals surface area contributed by atoms with E-state index >= 15 is 0 Å². The summed E-state index contributed by atoms with van der Waals surface area (Å²) in [7, 11) is 0. The zero-order valence-electron chi connectivity index (χ0n) is 16.7. The highest BCUT2D eigenvalue weighted by Crippen LogP contribution is 2.32. The minimum Gasteiger partial charge on any atom is -0.444 e. The Balaban J connectivity index is 1.86. The molecule has 0 aliphatic carbocycles. The topological polar surface area (TPSA) is 54.5 Å². The number of benzene rings is 1. The van der Waals surface area contributed by atoms with Crippen molar-refractivity contribution < 1.29 is 13.9 Å². The van der Waals surface area contributed by atoms with Gasteiger partial charge in [0, 0.05) is 42.0 Å². The zero-order chi connectivity index (χ0) is 19.8. The van der Waals surface area contributed by atoms with Crippen LogP contribution in [0, 0.1) is 18.7 Å². The van der Waals surface area contributed by atoms with Gasteiger partial charge in [-0.15, -0.1) is 0 Å². The highest BCUT2D eigenvalue weighted by atomic mass is 19.1. The summed E-state index contributed by atoms with van der Waals surface area (Å²) in [4.78, 5) is 18.7. The van der Waals surface area contributed by atoms with Crippen LogP contribution in [-0.2, 0) is 4.74 Å². The summed E-state index contributed by atoms with van der Waals surface area (Å²) in [6.07, 6.45) is 2.13. The molecule has 1 aromatic heterocycles. The van der Waals surface area contributed by atoms with Crippen molar-refractivity contribution in [1.82, 2.24) is 10.3 Å². The average molecular weight is 373 g/mol. The molecule has 1 saturated heterocycles. The molecule has 1 fully saturated rings. The highest BCUT2D eigenvalue weighted by Gasteiger charge is 2.29. The highest BCUT2D eigenvalue weighted by molar-refractivity contribution is 5.94. The lowest BCUT2D eigenvalue weighted by molar-refractivity contribution is 0.0495. The molecule has 2 aromatic rings. The number of anilines is 1. The van der Waals surface area contributed by atoms with E-state index in [0.717, 1.165) is 24.0 Å². The maximum Gasteiger partial charge on any atom is 0.407 e. The minimum atomic E-state index is -0.536. The average Bonchev–Trinajstić information content (AvgIpc) is 2.55. The van der Waals surface area contributed by atoms with Gasteiger partial charge in [0.05, 0.1) is 5.52 Å². The fourth-order valence-electron chi connectivity index (χ4n) is 3.72. The lowest BCUT2D eigenvalue weighted by Crippen LogP contribution is -2.51. The predicted molar refractivity (Wildman–Crippen MR) is 106 cm³/mol. The summed E-state index contributed by atoms with van der Waals surface area (Å²) in [6.45, 7) is 10.8. The summed E-state index contributed by atoms with van der Waals surface area (Å²) >= 11 is 0. The Bertz CT molecular complexity index is 847. The Morgan fingerprint density at radius 2 is 2.11 bits per heavy atom. The van der Waals surface area contributed by atoms with Crippen molar-refractivity contribution in [2.45, 2.75) is 52.7 Å². The van der Waals surface area contributed by atoms with Gasteiger partial charge >= 0.3 is 6.09 Å². The number of rotatable bonds is 2. The van der Waals surface area contributed by atoms with E-state index < -0.39 is 11.7 Å². The van der Waals surface area contributed by atoms with Crippen LogP contribution < -0.4 is 10.2 Å². The smallest absolute Gasteiger partial charge is 0.407 e. The monoisotopic (exact) mass is 373 g/mol. The zero-order valence-corrected chi connectivity index (χ0v) is 16.7. The molecule has 2 heterocycles. The van der Waals surface area contributed by atoms with Gasteiger partial charge in [-0.2, -0.15) is 0 Å². The van der Waals surface area contributed by atoms with Gasteiger partial charge in [-0.25, -0.2) is 9.18 Å². The first-order chi connectivity index (χ1) is 12.6. The molecule has 27 heavy (non-hydrogen) atoms. The normalized spacial score (nSPS) is 20.6. The molecular weight excluding hydrogens is 345 g/mol. The van der Waals surface area contributed by atoms with Crippen LogP contribution in [0.2, 0.25) is 0 Å². The Labute approximate surface area is 159 Å². The van der Waals surface area contributed by atoms with Crippen LogP contribution in [-0.4, -0.2) is 35.8 Å². The molecule has 0 saturated carbocycles. The van der Waals surface area contributed by atoms with E-state index in [-0.39, 0.29) is 11.9 Å². The quantitative estimate of drug-likeness (QED) is 0.847. The lowest BCUT2D eigenvalue weighted by Gasteiger charge is -2.39. The molecule has 2 atom stereocenters. The molecule has 146 valence electrons. The van der Waals surface area contributed by atoms with Gasteiger partial charge in [-0.1, -0.05) is 6.92 Å². The van der Waals surface area contributed by atoms with Crippen LogP contribution in [0.1, 0.15) is 39.7 Å². The van der Waals surface area contributed by atoms with E-state index in [4.69, 9.17) is 4.74 Å². The predicted octanol–water partition coefficient (Wildman–Crippen LogP) is 4.42. The number of aryl methyl sites for hydroxylation is 1. The molecule has 1 aliphatic heterocycles. The van der Waals surface area contributed by atoms with Crippen molar-refractivity contribution in [2.75, 3.05) is 18.0 Å². The molecule has 2 unspecified atom stereocenters. The first kappa shape index (κ1) is 19.4. The fourth-order valence-corrected chi connectivity index (χ4v) is 3.72. The largest absolute Gasteiger partial charge is 0.444 e. The van der Waals surface area contributed by atoms with E-state index in [1.54, 1.807) is 19.2 Å². The second kappa shape index (κ2) is 7.33. The van der Waals surface area contributed by atoms with Crippen molar-refractivity contribution >= 4 is 22.7 Å². The number of carbonyl (C=O) groups is 1. The minimum absolute atomic E-state index is 0.0558. The fraction of sp³-hybridized carbons (Fsp3) is 0.524. The number of hydrogen-bond donors (Lipinski definition) is 1. The molecule has 1 aromatic carbocycles. The van der Waals surface area contributed by atoms with Crippen LogP contribution in [0.15, 0.2) is 24.4 Å². The maximum absolute atomic E-state index is 14.5. The third kappa shape index (κ3) is 4.49. The lowest BCUT2D eigenvalue weighted by atomic mass is 9.94. The number of nitrogens with one attached hydrogen (secondary N) is 1. The van der Waals surface area contributed by atoms with Gasteiger partial charge < -0.3 is 15.0 Å². The van der Waals surface area contributed by atoms with E-state index in [1.165, 1.54) is 0 Å². The number of alkyl carbamates (subject to hydrolysis) is 1. The van der Waals surface area contributed by atoms with Gasteiger partial charge in [0.15, 0.2) is 0 Å². The number of halogens is 1. The summed E-state index contributed by atoms with van der Waals surface area (Å²) in [5, 5.41) is 3.90. The first-order valence-electron chi connectivity index (χ1n) is 9.42. The molecule has 1 N–H and O–H groups in total. The molecule has 6 heteroatoms. The van der Waals surface area contributed by atoms with Gasteiger partial charge in [0.2, 0.25) is 0 Å². The van der Waals surface area contributed by atoms with E-state index in [1.807, 2.05) is 32.9 Å². The SMILES string of the molecule is Cc1c(F)cc(N2CC(C)CC(NC(=O)OC(C)(C)C)C2)c2cccnc12. The van der Waals surface area contributed by atoms with Crippen LogP contribution in [0.5, 0.6) is 0 Å². The molecule has 1 amide bonds. The van der Waals surface area contributed by atoms with Crippen molar-refractivity contribution in [1.29, 1.82) is 0 Å². The Kier molecular flexibility index (Phi) is 5.27. The number of amides is 1. The standard InChI is InChI=1S/C21H28FN3O2/c1-13-9-15(24-20(26)27-21(3,4)5)12-25(11-13)18-10-17(22)14(2)19-16(18)7-6-8-23-19/h6-8,10,13,15H,9,11-12H2,1-5H3,(H,24,26). The Morgan fingerprint density at radius 1 is 1.37 bits per heavy atom. The van der Waals surface area contributed by atoms with Crippen LogP contribution >= 0.6 is 0 Å². The third-order valence-electron chi connectivity index (χ3n) is 4.78. The number of aromatic nitrogens is 1. The molecule has 0 radical (unpaired) electrons. The summed E-state index contributed by atoms with van der Waals surface area (Å²) in [6, 6.07) is 5.37. The van der Waals surface area contributed by atoms with Crippen LogP contribution in [0.3, 0.4) is 0 Å². The first-order valence-corrected chi connectivity index (χ1v) is 9.42. The second-order valence-corrected chi connectivity index (χ2v) is 8.49. The third-order valence-corrected chi connectivity index (χ3v) is 4.78. The second-order valence-electron chi connectivity index (χ2n) is 8.49. The van der Waals surface area contributed by atoms with Crippen LogP contribution in [0.25, 0.3) is 10.9 Å². The van der Waals surface area contributed by atoms with Crippen molar-refractivity contribution in [3.63, 3.8) is 0 Å². The molecule has 0 spiro atoms. The number of nitrogens with zero attached hydrogens (tertiary/aromatic N) is 2. The molecular formula is C21H28FN3O2. The molecule has 3 rings (SSSR count).